The number of piperazine rings is 1. The molecule has 132 valence electrons. The van der Waals surface area contributed by atoms with Gasteiger partial charge in [0.15, 0.2) is 5.82 Å². The molecule has 0 aliphatic carbocycles. The van der Waals surface area contributed by atoms with E-state index in [4.69, 9.17) is 9.72 Å². The van der Waals surface area contributed by atoms with Crippen molar-refractivity contribution in [2.24, 2.45) is 0 Å². The number of nitrogens with zero attached hydrogens (tertiary/aromatic N) is 5. The summed E-state index contributed by atoms with van der Waals surface area (Å²) in [6, 6.07) is 3.82. The molecule has 2 aromatic heterocycles. The van der Waals surface area contributed by atoms with Gasteiger partial charge in [0.2, 0.25) is 0 Å². The molecule has 0 bridgehead atoms. The first-order valence-electron chi connectivity index (χ1n) is 8.52. The van der Waals surface area contributed by atoms with Gasteiger partial charge in [0.05, 0.1) is 6.61 Å². The molecule has 0 unspecified atom stereocenters. The van der Waals surface area contributed by atoms with Crippen molar-refractivity contribution in [3.63, 3.8) is 0 Å². The number of hydrogen-bond donors (Lipinski definition) is 0. The SMILES string of the molecule is CCOC(=O)N1CCN(c2nc(-c3ccncc3)nc(C)c2C)CC1. The number of rotatable bonds is 3. The van der Waals surface area contributed by atoms with Gasteiger partial charge in [-0.3, -0.25) is 4.98 Å². The van der Waals surface area contributed by atoms with Gasteiger partial charge in [-0.25, -0.2) is 14.8 Å². The van der Waals surface area contributed by atoms with E-state index in [2.05, 4.69) is 14.9 Å². The van der Waals surface area contributed by atoms with Crippen molar-refractivity contribution in [1.29, 1.82) is 0 Å². The average Bonchev–Trinajstić information content (AvgIpc) is 2.65. The number of anilines is 1. The van der Waals surface area contributed by atoms with E-state index in [1.807, 2.05) is 32.9 Å². The Hall–Kier alpha value is -2.70. The third-order valence-corrected chi connectivity index (χ3v) is 4.41. The van der Waals surface area contributed by atoms with Gasteiger partial charge in [-0.1, -0.05) is 0 Å². The first kappa shape index (κ1) is 17.1. The largest absolute Gasteiger partial charge is 0.450 e. The molecular formula is C18H23N5O2. The lowest BCUT2D eigenvalue weighted by Gasteiger charge is -2.35. The summed E-state index contributed by atoms with van der Waals surface area (Å²) in [7, 11) is 0. The van der Waals surface area contributed by atoms with Crippen molar-refractivity contribution in [3.05, 3.63) is 35.8 Å². The zero-order valence-electron chi connectivity index (χ0n) is 14.9. The van der Waals surface area contributed by atoms with Gasteiger partial charge in [-0.2, -0.15) is 0 Å². The van der Waals surface area contributed by atoms with Crippen LogP contribution < -0.4 is 4.90 Å². The Kier molecular flexibility index (Phi) is 5.11. The second kappa shape index (κ2) is 7.46. The lowest BCUT2D eigenvalue weighted by molar-refractivity contribution is 0.105. The van der Waals surface area contributed by atoms with E-state index in [1.54, 1.807) is 17.3 Å². The molecule has 1 amide bonds. The first-order valence-corrected chi connectivity index (χ1v) is 8.52. The summed E-state index contributed by atoms with van der Waals surface area (Å²) in [5.74, 6) is 1.64. The highest BCUT2D eigenvalue weighted by Gasteiger charge is 2.24. The van der Waals surface area contributed by atoms with Gasteiger partial charge < -0.3 is 14.5 Å². The summed E-state index contributed by atoms with van der Waals surface area (Å²) < 4.78 is 5.08. The number of hydrogen-bond acceptors (Lipinski definition) is 6. The number of carbonyl (C=O) groups excluding carboxylic acids is 1. The lowest BCUT2D eigenvalue weighted by Crippen LogP contribution is -2.49. The maximum Gasteiger partial charge on any atom is 0.409 e. The van der Waals surface area contributed by atoms with Crippen LogP contribution in [0.2, 0.25) is 0 Å². The molecule has 0 radical (unpaired) electrons. The van der Waals surface area contributed by atoms with Crippen LogP contribution in [0.5, 0.6) is 0 Å². The van der Waals surface area contributed by atoms with Gasteiger partial charge in [0.1, 0.15) is 5.82 Å². The van der Waals surface area contributed by atoms with Crippen LogP contribution in [-0.4, -0.2) is 58.7 Å². The standard InChI is InChI=1S/C18H23N5O2/c1-4-25-18(24)23-11-9-22(10-12-23)17-13(2)14(3)20-16(21-17)15-5-7-19-8-6-15/h5-8H,4,9-12H2,1-3H3. The monoisotopic (exact) mass is 341 g/mol. The maximum atomic E-state index is 11.9. The van der Waals surface area contributed by atoms with E-state index < -0.39 is 0 Å². The predicted octanol–water partition coefficient (Wildman–Crippen LogP) is 2.43. The summed E-state index contributed by atoms with van der Waals surface area (Å²) >= 11 is 0. The molecular weight excluding hydrogens is 318 g/mol. The summed E-state index contributed by atoms with van der Waals surface area (Å²) in [6.07, 6.45) is 3.24. The van der Waals surface area contributed by atoms with Crippen LogP contribution in [0.25, 0.3) is 11.4 Å². The minimum atomic E-state index is -0.241. The summed E-state index contributed by atoms with van der Waals surface area (Å²) in [5.41, 5.74) is 2.98. The molecule has 2 aromatic rings. The van der Waals surface area contributed by atoms with Crippen LogP contribution in [0.4, 0.5) is 10.6 Å². The topological polar surface area (TPSA) is 71.5 Å². The van der Waals surface area contributed by atoms with Crippen LogP contribution >= 0.6 is 0 Å². The molecule has 3 rings (SSSR count). The second-order valence-electron chi connectivity index (χ2n) is 5.99. The number of aromatic nitrogens is 3. The summed E-state index contributed by atoms with van der Waals surface area (Å²) in [4.78, 5) is 29.3. The van der Waals surface area contributed by atoms with Gasteiger partial charge in [0, 0.05) is 55.4 Å². The molecule has 1 aliphatic rings. The number of pyridine rings is 1. The fourth-order valence-electron chi connectivity index (χ4n) is 2.87. The van der Waals surface area contributed by atoms with Gasteiger partial charge in [-0.15, -0.1) is 0 Å². The molecule has 1 saturated heterocycles. The molecule has 0 saturated carbocycles. The van der Waals surface area contributed by atoms with E-state index in [0.717, 1.165) is 35.7 Å². The number of aryl methyl sites for hydroxylation is 1. The van der Waals surface area contributed by atoms with E-state index in [1.165, 1.54) is 0 Å². The predicted molar refractivity (Wildman–Crippen MR) is 95.5 cm³/mol. The van der Waals surface area contributed by atoms with Crippen molar-refractivity contribution in [2.75, 3.05) is 37.7 Å². The minimum absolute atomic E-state index is 0.241. The fourth-order valence-corrected chi connectivity index (χ4v) is 2.87. The Balaban J connectivity index is 1.81. The van der Waals surface area contributed by atoms with E-state index in [9.17, 15) is 4.79 Å². The molecule has 0 N–H and O–H groups in total. The van der Waals surface area contributed by atoms with E-state index in [-0.39, 0.29) is 6.09 Å². The molecule has 1 fully saturated rings. The van der Waals surface area contributed by atoms with Crippen LogP contribution in [0.15, 0.2) is 24.5 Å². The molecule has 0 spiro atoms. The molecule has 1 aliphatic heterocycles. The van der Waals surface area contributed by atoms with Crippen LogP contribution in [0, 0.1) is 13.8 Å². The summed E-state index contributed by atoms with van der Waals surface area (Å²) in [5, 5.41) is 0. The number of carbonyl (C=O) groups is 1. The van der Waals surface area contributed by atoms with Crippen LogP contribution in [0.1, 0.15) is 18.2 Å². The van der Waals surface area contributed by atoms with Crippen molar-refractivity contribution < 1.29 is 9.53 Å². The second-order valence-corrected chi connectivity index (χ2v) is 5.99. The Labute approximate surface area is 147 Å². The third-order valence-electron chi connectivity index (χ3n) is 4.41. The summed E-state index contributed by atoms with van der Waals surface area (Å²) in [6.45, 7) is 8.98. The molecule has 3 heterocycles. The van der Waals surface area contributed by atoms with Gasteiger partial charge in [-0.05, 0) is 32.9 Å². The highest BCUT2D eigenvalue weighted by Crippen LogP contribution is 2.25. The smallest absolute Gasteiger partial charge is 0.409 e. The van der Waals surface area contributed by atoms with Crippen molar-refractivity contribution in [1.82, 2.24) is 19.9 Å². The minimum Gasteiger partial charge on any atom is -0.450 e. The van der Waals surface area contributed by atoms with E-state index >= 15 is 0 Å². The molecule has 0 aromatic carbocycles. The normalized spacial score (nSPS) is 14.5. The van der Waals surface area contributed by atoms with Crippen molar-refractivity contribution >= 4 is 11.9 Å². The van der Waals surface area contributed by atoms with Gasteiger partial charge >= 0.3 is 6.09 Å². The Morgan fingerprint density at radius 2 is 1.80 bits per heavy atom. The molecule has 25 heavy (non-hydrogen) atoms. The number of amides is 1. The zero-order chi connectivity index (χ0) is 17.8. The first-order chi connectivity index (χ1) is 12.1. The highest BCUT2D eigenvalue weighted by molar-refractivity contribution is 5.68. The Morgan fingerprint density at radius 3 is 2.44 bits per heavy atom. The number of ether oxygens (including phenoxy) is 1. The Bertz CT molecular complexity index is 743. The lowest BCUT2D eigenvalue weighted by atomic mass is 10.2. The Morgan fingerprint density at radius 1 is 1.12 bits per heavy atom. The van der Waals surface area contributed by atoms with Crippen molar-refractivity contribution in [2.45, 2.75) is 20.8 Å². The van der Waals surface area contributed by atoms with E-state index in [0.29, 0.717) is 25.5 Å². The fraction of sp³-hybridized carbons (Fsp3) is 0.444. The van der Waals surface area contributed by atoms with Crippen molar-refractivity contribution in [3.8, 4) is 11.4 Å². The zero-order valence-corrected chi connectivity index (χ0v) is 14.9. The van der Waals surface area contributed by atoms with Crippen LogP contribution in [0.3, 0.4) is 0 Å². The molecule has 0 atom stereocenters. The molecule has 7 nitrogen and oxygen atoms in total. The third kappa shape index (κ3) is 3.70. The van der Waals surface area contributed by atoms with Gasteiger partial charge in [0.25, 0.3) is 0 Å². The maximum absolute atomic E-state index is 11.9. The average molecular weight is 341 g/mol. The quantitative estimate of drug-likeness (QED) is 0.854. The highest BCUT2D eigenvalue weighted by atomic mass is 16.6. The molecule has 7 heteroatoms. The van der Waals surface area contributed by atoms with Crippen LogP contribution in [-0.2, 0) is 4.74 Å².